The number of ether oxygens (including phenoxy) is 1. The van der Waals surface area contributed by atoms with Gasteiger partial charge in [0.15, 0.2) is 0 Å². The molecule has 2 aliphatic rings. The van der Waals surface area contributed by atoms with E-state index in [9.17, 15) is 4.39 Å². The summed E-state index contributed by atoms with van der Waals surface area (Å²) in [6.07, 6.45) is 7.65. The first-order valence-corrected chi connectivity index (χ1v) is 9.24. The van der Waals surface area contributed by atoms with Crippen molar-refractivity contribution in [2.45, 2.75) is 37.6 Å². The van der Waals surface area contributed by atoms with Crippen molar-refractivity contribution in [3.8, 4) is 0 Å². The number of aromatic nitrogens is 2. The molecular formula is C19H25FN4O. The van der Waals surface area contributed by atoms with Crippen LogP contribution in [0.1, 0.15) is 32.1 Å². The molecule has 1 saturated heterocycles. The van der Waals surface area contributed by atoms with Gasteiger partial charge in [-0.15, -0.1) is 0 Å². The third-order valence-corrected chi connectivity index (χ3v) is 5.66. The molecule has 0 bridgehead atoms. The molecule has 1 N–H and O–H groups in total. The van der Waals surface area contributed by atoms with Crippen LogP contribution in [0.4, 0.5) is 10.2 Å². The van der Waals surface area contributed by atoms with Crippen LogP contribution < -0.4 is 5.32 Å². The fourth-order valence-electron chi connectivity index (χ4n) is 4.30. The summed E-state index contributed by atoms with van der Waals surface area (Å²) in [6.45, 7) is 4.33. The molecule has 0 atom stereocenters. The van der Waals surface area contributed by atoms with Crippen LogP contribution in [0.15, 0.2) is 24.5 Å². The Morgan fingerprint density at radius 1 is 1.12 bits per heavy atom. The minimum absolute atomic E-state index is 0.116. The minimum atomic E-state index is -0.273. The van der Waals surface area contributed by atoms with Crippen LogP contribution in [-0.2, 0) is 4.74 Å². The van der Waals surface area contributed by atoms with E-state index >= 15 is 0 Å². The van der Waals surface area contributed by atoms with Gasteiger partial charge in [0.25, 0.3) is 0 Å². The largest absolute Gasteiger partial charge is 0.379 e. The van der Waals surface area contributed by atoms with Gasteiger partial charge in [-0.2, -0.15) is 0 Å². The Bertz CT molecular complexity index is 721. The number of fused-ring (bicyclic) bond motifs is 1. The molecule has 2 aromatic rings. The lowest BCUT2D eigenvalue weighted by Gasteiger charge is -2.48. The van der Waals surface area contributed by atoms with Crippen molar-refractivity contribution in [1.29, 1.82) is 0 Å². The van der Waals surface area contributed by atoms with Gasteiger partial charge in [0.2, 0.25) is 0 Å². The Morgan fingerprint density at radius 3 is 2.72 bits per heavy atom. The summed E-state index contributed by atoms with van der Waals surface area (Å²) in [5.74, 6) is 0.325. The highest BCUT2D eigenvalue weighted by molar-refractivity contribution is 5.89. The summed E-state index contributed by atoms with van der Waals surface area (Å²) in [5, 5.41) is 3.95. The zero-order valence-corrected chi connectivity index (χ0v) is 14.5. The van der Waals surface area contributed by atoms with Crippen LogP contribution in [0.3, 0.4) is 0 Å². The number of morpholine rings is 1. The van der Waals surface area contributed by atoms with Gasteiger partial charge in [-0.05, 0) is 25.0 Å². The van der Waals surface area contributed by atoms with Crippen LogP contribution in [0.25, 0.3) is 10.9 Å². The molecule has 2 fully saturated rings. The molecule has 1 aliphatic carbocycles. The Morgan fingerprint density at radius 2 is 1.92 bits per heavy atom. The summed E-state index contributed by atoms with van der Waals surface area (Å²) in [7, 11) is 0. The fourth-order valence-corrected chi connectivity index (χ4v) is 4.30. The molecule has 0 unspecified atom stereocenters. The summed E-state index contributed by atoms with van der Waals surface area (Å²) in [4.78, 5) is 11.1. The average molecular weight is 344 g/mol. The van der Waals surface area contributed by atoms with Gasteiger partial charge >= 0.3 is 0 Å². The fraction of sp³-hybridized carbons (Fsp3) is 0.579. The molecule has 1 aromatic carbocycles. The van der Waals surface area contributed by atoms with E-state index in [0.717, 1.165) is 32.8 Å². The third-order valence-electron chi connectivity index (χ3n) is 5.66. The highest BCUT2D eigenvalue weighted by Crippen LogP contribution is 2.35. The molecule has 1 aromatic heterocycles. The van der Waals surface area contributed by atoms with Crippen LogP contribution in [-0.4, -0.2) is 53.3 Å². The zero-order chi connectivity index (χ0) is 17.1. The van der Waals surface area contributed by atoms with Crippen molar-refractivity contribution < 1.29 is 9.13 Å². The van der Waals surface area contributed by atoms with Crippen molar-refractivity contribution in [3.63, 3.8) is 0 Å². The van der Waals surface area contributed by atoms with E-state index in [4.69, 9.17) is 4.74 Å². The predicted molar refractivity (Wildman–Crippen MR) is 96.2 cm³/mol. The normalized spacial score (nSPS) is 21.3. The third kappa shape index (κ3) is 3.33. The number of hydrogen-bond donors (Lipinski definition) is 1. The van der Waals surface area contributed by atoms with Crippen LogP contribution in [0.2, 0.25) is 0 Å². The summed E-state index contributed by atoms with van der Waals surface area (Å²) >= 11 is 0. The molecule has 0 amide bonds. The smallest absolute Gasteiger partial charge is 0.140 e. The first-order chi connectivity index (χ1) is 12.3. The van der Waals surface area contributed by atoms with E-state index in [1.165, 1.54) is 44.5 Å². The number of nitrogens with one attached hydrogen (secondary N) is 1. The van der Waals surface area contributed by atoms with Crippen molar-refractivity contribution in [2.75, 3.05) is 38.2 Å². The monoisotopic (exact) mass is 344 g/mol. The number of anilines is 1. The summed E-state index contributed by atoms with van der Waals surface area (Å²) in [6, 6.07) is 4.98. The molecule has 4 rings (SSSR count). The highest BCUT2D eigenvalue weighted by atomic mass is 19.1. The van der Waals surface area contributed by atoms with Crippen molar-refractivity contribution in [1.82, 2.24) is 14.9 Å². The second-order valence-electron chi connectivity index (χ2n) is 7.09. The number of hydrogen-bond acceptors (Lipinski definition) is 5. The highest BCUT2D eigenvalue weighted by Gasteiger charge is 2.38. The van der Waals surface area contributed by atoms with E-state index in [2.05, 4.69) is 20.2 Å². The van der Waals surface area contributed by atoms with Crippen molar-refractivity contribution >= 4 is 16.7 Å². The Hall–Kier alpha value is -1.79. The van der Waals surface area contributed by atoms with Gasteiger partial charge in [-0.1, -0.05) is 25.3 Å². The van der Waals surface area contributed by atoms with E-state index in [-0.39, 0.29) is 11.4 Å². The number of halogens is 1. The second-order valence-corrected chi connectivity index (χ2v) is 7.09. The van der Waals surface area contributed by atoms with Crippen LogP contribution >= 0.6 is 0 Å². The van der Waals surface area contributed by atoms with E-state index in [0.29, 0.717) is 16.7 Å². The molecule has 5 nitrogen and oxygen atoms in total. The predicted octanol–water partition coefficient (Wildman–Crippen LogP) is 3.22. The van der Waals surface area contributed by atoms with Gasteiger partial charge in [-0.25, -0.2) is 14.4 Å². The molecule has 25 heavy (non-hydrogen) atoms. The molecule has 6 heteroatoms. The Kier molecular flexibility index (Phi) is 4.81. The lowest BCUT2D eigenvalue weighted by atomic mass is 9.79. The van der Waals surface area contributed by atoms with Crippen LogP contribution in [0, 0.1) is 5.82 Å². The van der Waals surface area contributed by atoms with E-state index < -0.39 is 0 Å². The van der Waals surface area contributed by atoms with Crippen LogP contribution in [0.5, 0.6) is 0 Å². The van der Waals surface area contributed by atoms with Gasteiger partial charge in [-0.3, -0.25) is 4.90 Å². The first kappa shape index (κ1) is 16.7. The lowest BCUT2D eigenvalue weighted by Crippen LogP contribution is -2.58. The van der Waals surface area contributed by atoms with Gasteiger partial charge in [0.05, 0.1) is 24.1 Å². The number of benzene rings is 1. The Labute approximate surface area is 147 Å². The van der Waals surface area contributed by atoms with E-state index in [1.807, 2.05) is 6.07 Å². The molecule has 0 spiro atoms. The summed E-state index contributed by atoms with van der Waals surface area (Å²) in [5.41, 5.74) is 0.756. The maximum atomic E-state index is 14.3. The Balaban J connectivity index is 1.59. The maximum absolute atomic E-state index is 14.3. The SMILES string of the molecule is Fc1cccc2ncnc(NCC3(N4CCOCC4)CCCCC3)c12. The molecule has 2 heterocycles. The molecular weight excluding hydrogens is 319 g/mol. The van der Waals surface area contributed by atoms with Crippen molar-refractivity contribution in [2.24, 2.45) is 0 Å². The quantitative estimate of drug-likeness (QED) is 0.923. The van der Waals surface area contributed by atoms with Gasteiger partial charge in [0.1, 0.15) is 18.0 Å². The average Bonchev–Trinajstić information content (AvgIpc) is 2.68. The second kappa shape index (κ2) is 7.22. The van der Waals surface area contributed by atoms with E-state index in [1.54, 1.807) is 6.07 Å². The molecule has 1 saturated carbocycles. The summed E-state index contributed by atoms with van der Waals surface area (Å²) < 4.78 is 19.9. The minimum Gasteiger partial charge on any atom is -0.379 e. The molecule has 0 radical (unpaired) electrons. The standard InChI is InChI=1S/C19H25FN4O/c20-15-5-4-6-16-17(15)18(23-14-22-16)21-13-19(7-2-1-3-8-19)24-9-11-25-12-10-24/h4-6,14H,1-3,7-13H2,(H,21,22,23). The first-order valence-electron chi connectivity index (χ1n) is 9.24. The topological polar surface area (TPSA) is 50.3 Å². The zero-order valence-electron chi connectivity index (χ0n) is 14.5. The lowest BCUT2D eigenvalue weighted by molar-refractivity contribution is -0.0318. The molecule has 134 valence electrons. The van der Waals surface area contributed by atoms with Crippen molar-refractivity contribution in [3.05, 3.63) is 30.3 Å². The van der Waals surface area contributed by atoms with Gasteiger partial charge < -0.3 is 10.1 Å². The number of rotatable bonds is 4. The maximum Gasteiger partial charge on any atom is 0.140 e. The molecule has 1 aliphatic heterocycles. The van der Waals surface area contributed by atoms with Gasteiger partial charge in [0, 0.05) is 25.2 Å². The number of nitrogens with zero attached hydrogens (tertiary/aromatic N) is 3.